The Bertz CT molecular complexity index is 751. The minimum absolute atomic E-state index is 0.0645. The molecule has 0 saturated carbocycles. The Kier molecular flexibility index (Phi) is 6.21. The normalized spacial score (nSPS) is 18.7. The highest BCUT2D eigenvalue weighted by molar-refractivity contribution is 7.16. The number of aryl methyl sites for hydroxylation is 2. The molecule has 6 heteroatoms. The Hall–Kier alpha value is -1.17. The Labute approximate surface area is 164 Å². The zero-order valence-electron chi connectivity index (χ0n) is 15.8. The van der Waals surface area contributed by atoms with Crippen molar-refractivity contribution in [2.75, 3.05) is 13.1 Å². The van der Waals surface area contributed by atoms with Crippen molar-refractivity contribution < 1.29 is 4.79 Å². The average Bonchev–Trinajstić information content (AvgIpc) is 3.08. The van der Waals surface area contributed by atoms with Gasteiger partial charge in [-0.3, -0.25) is 4.79 Å². The second-order valence-corrected chi connectivity index (χ2v) is 9.91. The van der Waals surface area contributed by atoms with E-state index in [9.17, 15) is 4.79 Å². The molecular weight excluding hydrogens is 366 g/mol. The van der Waals surface area contributed by atoms with E-state index >= 15 is 0 Å². The van der Waals surface area contributed by atoms with E-state index in [1.807, 2.05) is 26.8 Å². The van der Waals surface area contributed by atoms with Crippen LogP contribution in [0.15, 0.2) is 18.2 Å². The van der Waals surface area contributed by atoms with Crippen molar-refractivity contribution >= 4 is 28.8 Å². The first kappa shape index (κ1) is 19.6. The number of aromatic nitrogens is 2. The quantitative estimate of drug-likeness (QED) is 0.801. The van der Waals surface area contributed by atoms with E-state index < -0.39 is 5.41 Å². The van der Waals surface area contributed by atoms with Crippen molar-refractivity contribution in [1.82, 2.24) is 15.1 Å². The molecule has 0 spiro atoms. The van der Waals surface area contributed by atoms with Gasteiger partial charge in [-0.2, -0.15) is 5.10 Å². The van der Waals surface area contributed by atoms with Gasteiger partial charge in [-0.05, 0) is 63.4 Å². The molecule has 1 unspecified atom stereocenters. The Morgan fingerprint density at radius 2 is 2.12 bits per heavy atom. The molecular formula is C20H28ClN3OS. The van der Waals surface area contributed by atoms with E-state index in [1.165, 1.54) is 4.88 Å². The molecule has 1 N–H and O–H groups in total. The molecule has 0 bridgehead atoms. The van der Waals surface area contributed by atoms with Crippen molar-refractivity contribution in [3.8, 4) is 0 Å². The summed E-state index contributed by atoms with van der Waals surface area (Å²) in [5, 5.41) is 8.23. The molecule has 2 aromatic rings. The molecule has 3 rings (SSSR count). The van der Waals surface area contributed by atoms with Crippen LogP contribution in [0.4, 0.5) is 0 Å². The third kappa shape index (κ3) is 4.76. The summed E-state index contributed by atoms with van der Waals surface area (Å²) in [5.74, 6) is 0.503. The second kappa shape index (κ2) is 8.24. The second-order valence-electron chi connectivity index (χ2n) is 8.11. The molecule has 1 saturated heterocycles. The van der Waals surface area contributed by atoms with Crippen molar-refractivity contribution in [2.45, 2.75) is 58.8 Å². The fourth-order valence-corrected chi connectivity index (χ4v) is 4.45. The smallest absolute Gasteiger partial charge is 0.252 e. The first-order valence-corrected chi connectivity index (χ1v) is 10.6. The third-order valence-corrected chi connectivity index (χ3v) is 6.18. The maximum absolute atomic E-state index is 12.9. The van der Waals surface area contributed by atoms with Crippen LogP contribution in [0.1, 0.15) is 67.0 Å². The minimum atomic E-state index is -0.449. The molecule has 0 amide bonds. The summed E-state index contributed by atoms with van der Waals surface area (Å²) in [4.78, 5) is 14.2. The molecule has 0 radical (unpaired) electrons. The van der Waals surface area contributed by atoms with E-state index in [0.29, 0.717) is 5.92 Å². The molecule has 2 aromatic heterocycles. The molecule has 0 aliphatic carbocycles. The van der Waals surface area contributed by atoms with Gasteiger partial charge < -0.3 is 5.32 Å². The monoisotopic (exact) mass is 393 g/mol. The van der Waals surface area contributed by atoms with Crippen molar-refractivity contribution in [3.05, 3.63) is 38.8 Å². The zero-order valence-corrected chi connectivity index (χ0v) is 17.4. The Morgan fingerprint density at radius 3 is 2.81 bits per heavy atom. The summed E-state index contributed by atoms with van der Waals surface area (Å²) in [6, 6.07) is 6.16. The highest BCUT2D eigenvalue weighted by Gasteiger charge is 2.28. The van der Waals surface area contributed by atoms with Gasteiger partial charge in [-0.1, -0.05) is 32.4 Å². The van der Waals surface area contributed by atoms with Crippen LogP contribution in [0.3, 0.4) is 0 Å². The minimum Gasteiger partial charge on any atom is -0.317 e. The standard InChI is InChI=1S/C20H28ClN3OS/c1-20(2,3)19(25)24-15(6-7-16-8-9-18(21)26-16)13-17(23-24)14-5-4-11-22-12-10-14/h8-9,13-14,22H,4-7,10-12H2,1-3H3. The van der Waals surface area contributed by atoms with Gasteiger partial charge in [-0.15, -0.1) is 11.3 Å². The lowest BCUT2D eigenvalue weighted by Crippen LogP contribution is -2.29. The molecule has 1 aliphatic heterocycles. The van der Waals surface area contributed by atoms with E-state index in [1.54, 1.807) is 16.0 Å². The summed E-state index contributed by atoms with van der Waals surface area (Å²) in [6.07, 6.45) is 5.06. The first-order chi connectivity index (χ1) is 12.3. The molecule has 26 heavy (non-hydrogen) atoms. The summed E-state index contributed by atoms with van der Waals surface area (Å²) < 4.78 is 2.48. The summed E-state index contributed by atoms with van der Waals surface area (Å²) >= 11 is 7.65. The average molecular weight is 394 g/mol. The van der Waals surface area contributed by atoms with Gasteiger partial charge in [0, 0.05) is 21.9 Å². The van der Waals surface area contributed by atoms with E-state index in [-0.39, 0.29) is 5.91 Å². The van der Waals surface area contributed by atoms with E-state index in [0.717, 1.165) is 60.9 Å². The highest BCUT2D eigenvalue weighted by Crippen LogP contribution is 2.28. The van der Waals surface area contributed by atoms with Crippen LogP contribution >= 0.6 is 22.9 Å². The number of rotatable bonds is 4. The molecule has 142 valence electrons. The van der Waals surface area contributed by atoms with Gasteiger partial charge in [0.1, 0.15) is 0 Å². The zero-order chi connectivity index (χ0) is 18.7. The maximum Gasteiger partial charge on any atom is 0.252 e. The number of hydrogen-bond donors (Lipinski definition) is 1. The summed E-state index contributed by atoms with van der Waals surface area (Å²) in [5.41, 5.74) is 1.64. The van der Waals surface area contributed by atoms with Crippen LogP contribution < -0.4 is 5.32 Å². The number of nitrogens with one attached hydrogen (secondary N) is 1. The molecule has 0 aromatic carbocycles. The topological polar surface area (TPSA) is 46.9 Å². The van der Waals surface area contributed by atoms with Gasteiger partial charge in [0.05, 0.1) is 10.0 Å². The summed E-state index contributed by atoms with van der Waals surface area (Å²) in [6.45, 7) is 7.96. The predicted molar refractivity (Wildman–Crippen MR) is 109 cm³/mol. The Morgan fingerprint density at radius 1 is 1.31 bits per heavy atom. The highest BCUT2D eigenvalue weighted by atomic mass is 35.5. The fraction of sp³-hybridized carbons (Fsp3) is 0.600. The van der Waals surface area contributed by atoms with Crippen molar-refractivity contribution in [3.63, 3.8) is 0 Å². The SMILES string of the molecule is CC(C)(C)C(=O)n1nc(C2CCCNCC2)cc1CCc1ccc(Cl)s1. The maximum atomic E-state index is 12.9. The van der Waals surface area contributed by atoms with Crippen molar-refractivity contribution in [2.24, 2.45) is 5.41 Å². The van der Waals surface area contributed by atoms with E-state index in [2.05, 4.69) is 17.4 Å². The molecule has 1 aliphatic rings. The molecule has 4 nitrogen and oxygen atoms in total. The van der Waals surface area contributed by atoms with Crippen LogP contribution in [0.5, 0.6) is 0 Å². The largest absolute Gasteiger partial charge is 0.317 e. The lowest BCUT2D eigenvalue weighted by molar-refractivity contribution is 0.0744. The first-order valence-electron chi connectivity index (χ1n) is 9.43. The van der Waals surface area contributed by atoms with Gasteiger partial charge in [0.15, 0.2) is 0 Å². The van der Waals surface area contributed by atoms with Crippen LogP contribution in [0, 0.1) is 5.41 Å². The van der Waals surface area contributed by atoms with Gasteiger partial charge in [0.2, 0.25) is 0 Å². The number of halogens is 1. The van der Waals surface area contributed by atoms with Gasteiger partial charge in [0.25, 0.3) is 5.91 Å². The number of thiophene rings is 1. The number of carbonyl (C=O) groups is 1. The predicted octanol–water partition coefficient (Wildman–Crippen LogP) is 4.93. The number of hydrogen-bond acceptors (Lipinski definition) is 4. The van der Waals surface area contributed by atoms with Gasteiger partial charge in [-0.25, -0.2) is 4.68 Å². The van der Waals surface area contributed by atoms with Crippen LogP contribution in [0.25, 0.3) is 0 Å². The van der Waals surface area contributed by atoms with Crippen molar-refractivity contribution in [1.29, 1.82) is 0 Å². The molecule has 1 fully saturated rings. The molecule has 3 heterocycles. The van der Waals surface area contributed by atoms with Gasteiger partial charge >= 0.3 is 0 Å². The number of nitrogens with zero attached hydrogens (tertiary/aromatic N) is 2. The fourth-order valence-electron chi connectivity index (χ4n) is 3.36. The third-order valence-electron chi connectivity index (χ3n) is 4.89. The summed E-state index contributed by atoms with van der Waals surface area (Å²) in [7, 11) is 0. The Balaban J connectivity index is 1.85. The van der Waals surface area contributed by atoms with Crippen LogP contribution in [-0.4, -0.2) is 28.8 Å². The number of carbonyl (C=O) groups excluding carboxylic acids is 1. The van der Waals surface area contributed by atoms with Crippen LogP contribution in [-0.2, 0) is 12.8 Å². The molecule has 1 atom stereocenters. The van der Waals surface area contributed by atoms with E-state index in [4.69, 9.17) is 16.7 Å². The lowest BCUT2D eigenvalue weighted by Gasteiger charge is -2.18. The lowest BCUT2D eigenvalue weighted by atomic mass is 9.95. The van der Waals surface area contributed by atoms with Crippen LogP contribution in [0.2, 0.25) is 4.34 Å².